The van der Waals surface area contributed by atoms with Gasteiger partial charge in [-0.15, -0.1) is 0 Å². The van der Waals surface area contributed by atoms with Gasteiger partial charge in [0.15, 0.2) is 0 Å². The summed E-state index contributed by atoms with van der Waals surface area (Å²) in [5.41, 5.74) is 0. The normalized spacial score (nSPS) is 18.3. The van der Waals surface area contributed by atoms with E-state index in [1.807, 2.05) is 0 Å². The minimum absolute atomic E-state index is 0.310. The molecule has 0 aromatic rings. The Morgan fingerprint density at radius 2 is 2.00 bits per heavy atom. The van der Waals surface area contributed by atoms with Gasteiger partial charge in [0.1, 0.15) is 5.78 Å². The Morgan fingerprint density at radius 3 is 2.53 bits per heavy atom. The number of nitrogens with zero attached hydrogens (tertiary/aromatic N) is 1. The summed E-state index contributed by atoms with van der Waals surface area (Å²) in [7, 11) is 0. The third kappa shape index (κ3) is 4.76. The average molecular weight is 212 g/mol. The molecule has 0 atom stereocenters. The second kappa shape index (κ2) is 6.96. The van der Waals surface area contributed by atoms with E-state index in [1.54, 1.807) is 6.92 Å². The molecule has 3 heteroatoms. The van der Waals surface area contributed by atoms with Crippen LogP contribution in [0.2, 0.25) is 0 Å². The topological polar surface area (TPSA) is 32.3 Å². The molecule has 0 saturated carbocycles. The summed E-state index contributed by atoms with van der Waals surface area (Å²) in [6.07, 6.45) is 4.36. The van der Waals surface area contributed by atoms with Crippen molar-refractivity contribution in [2.24, 2.45) is 0 Å². The van der Waals surface area contributed by atoms with E-state index in [0.29, 0.717) is 18.2 Å². The number of carbonyl (C=O) groups excluding carboxylic acids is 1. The molecule has 0 spiro atoms. The molecule has 1 fully saturated rings. The van der Waals surface area contributed by atoms with E-state index in [2.05, 4.69) is 17.1 Å². The molecular formula is C12H24N2O. The first kappa shape index (κ1) is 12.7. The highest BCUT2D eigenvalue weighted by Crippen LogP contribution is 2.12. The van der Waals surface area contributed by atoms with Gasteiger partial charge in [-0.3, -0.25) is 9.69 Å². The van der Waals surface area contributed by atoms with Gasteiger partial charge in [0.2, 0.25) is 0 Å². The molecule has 0 bridgehead atoms. The third-order valence-corrected chi connectivity index (χ3v) is 3.09. The molecule has 0 radical (unpaired) electrons. The molecule has 0 amide bonds. The van der Waals surface area contributed by atoms with Crippen molar-refractivity contribution < 1.29 is 4.79 Å². The zero-order valence-corrected chi connectivity index (χ0v) is 10.1. The van der Waals surface area contributed by atoms with Crippen LogP contribution in [0.15, 0.2) is 0 Å². The maximum absolute atomic E-state index is 11.0. The quantitative estimate of drug-likeness (QED) is 0.723. The summed E-state index contributed by atoms with van der Waals surface area (Å²) in [6.45, 7) is 8.25. The SMILES string of the molecule is CCCN(CCC(C)=O)C1CCNCC1. The molecule has 1 aliphatic rings. The smallest absolute Gasteiger partial charge is 0.131 e. The minimum Gasteiger partial charge on any atom is -0.317 e. The summed E-state index contributed by atoms with van der Waals surface area (Å²) in [5, 5.41) is 3.38. The highest BCUT2D eigenvalue weighted by molar-refractivity contribution is 5.75. The molecule has 1 N–H and O–H groups in total. The van der Waals surface area contributed by atoms with Crippen molar-refractivity contribution in [3.8, 4) is 0 Å². The maximum atomic E-state index is 11.0. The molecule has 0 unspecified atom stereocenters. The Balaban J connectivity index is 2.36. The van der Waals surface area contributed by atoms with Crippen molar-refractivity contribution in [3.05, 3.63) is 0 Å². The van der Waals surface area contributed by atoms with E-state index < -0.39 is 0 Å². The lowest BCUT2D eigenvalue weighted by Gasteiger charge is -2.34. The fourth-order valence-corrected chi connectivity index (χ4v) is 2.24. The Morgan fingerprint density at radius 1 is 1.33 bits per heavy atom. The largest absolute Gasteiger partial charge is 0.317 e. The molecule has 1 rings (SSSR count). The van der Waals surface area contributed by atoms with Gasteiger partial charge in [-0.1, -0.05) is 6.92 Å². The maximum Gasteiger partial charge on any atom is 0.131 e. The lowest BCUT2D eigenvalue weighted by molar-refractivity contribution is -0.117. The van der Waals surface area contributed by atoms with Gasteiger partial charge < -0.3 is 5.32 Å². The molecule has 15 heavy (non-hydrogen) atoms. The van der Waals surface area contributed by atoms with Crippen molar-refractivity contribution in [2.75, 3.05) is 26.2 Å². The van der Waals surface area contributed by atoms with Crippen LogP contribution in [0.5, 0.6) is 0 Å². The van der Waals surface area contributed by atoms with E-state index in [4.69, 9.17) is 0 Å². The molecule has 88 valence electrons. The van der Waals surface area contributed by atoms with Crippen molar-refractivity contribution in [3.63, 3.8) is 0 Å². The first-order valence-corrected chi connectivity index (χ1v) is 6.18. The van der Waals surface area contributed by atoms with Crippen LogP contribution in [-0.4, -0.2) is 42.9 Å². The molecule has 3 nitrogen and oxygen atoms in total. The van der Waals surface area contributed by atoms with Crippen LogP contribution < -0.4 is 5.32 Å². The summed E-state index contributed by atoms with van der Waals surface area (Å²) in [5.74, 6) is 0.310. The zero-order chi connectivity index (χ0) is 11.1. The van der Waals surface area contributed by atoms with E-state index >= 15 is 0 Å². The molecule has 0 aliphatic carbocycles. The van der Waals surface area contributed by atoms with E-state index in [0.717, 1.165) is 26.2 Å². The van der Waals surface area contributed by atoms with Crippen molar-refractivity contribution in [2.45, 2.75) is 45.6 Å². The van der Waals surface area contributed by atoms with Crippen molar-refractivity contribution in [1.29, 1.82) is 0 Å². The average Bonchev–Trinajstić information content (AvgIpc) is 2.25. The fourth-order valence-electron chi connectivity index (χ4n) is 2.24. The number of rotatable bonds is 6. The molecule has 0 aromatic carbocycles. The van der Waals surface area contributed by atoms with Gasteiger partial charge in [-0.2, -0.15) is 0 Å². The Bertz CT molecular complexity index is 188. The van der Waals surface area contributed by atoms with Crippen LogP contribution in [0, 0.1) is 0 Å². The first-order chi connectivity index (χ1) is 7.24. The molecule has 1 saturated heterocycles. The van der Waals surface area contributed by atoms with Gasteiger partial charge in [0, 0.05) is 19.0 Å². The summed E-state index contributed by atoms with van der Waals surface area (Å²) in [4.78, 5) is 13.5. The Hall–Kier alpha value is -0.410. The van der Waals surface area contributed by atoms with Crippen LogP contribution in [-0.2, 0) is 4.79 Å². The van der Waals surface area contributed by atoms with Crippen LogP contribution in [0.1, 0.15) is 39.5 Å². The highest BCUT2D eigenvalue weighted by atomic mass is 16.1. The second-order valence-electron chi connectivity index (χ2n) is 4.47. The van der Waals surface area contributed by atoms with E-state index in [9.17, 15) is 4.79 Å². The second-order valence-corrected chi connectivity index (χ2v) is 4.47. The number of nitrogens with one attached hydrogen (secondary N) is 1. The molecular weight excluding hydrogens is 188 g/mol. The van der Waals surface area contributed by atoms with Gasteiger partial charge in [-0.05, 0) is 45.8 Å². The van der Waals surface area contributed by atoms with Gasteiger partial charge >= 0.3 is 0 Å². The number of piperidine rings is 1. The first-order valence-electron chi connectivity index (χ1n) is 6.18. The predicted octanol–water partition coefficient (Wildman–Crippen LogP) is 1.43. The number of hydrogen-bond acceptors (Lipinski definition) is 3. The summed E-state index contributed by atoms with van der Waals surface area (Å²) < 4.78 is 0. The van der Waals surface area contributed by atoms with Crippen LogP contribution >= 0.6 is 0 Å². The highest BCUT2D eigenvalue weighted by Gasteiger charge is 2.19. The van der Waals surface area contributed by atoms with Gasteiger partial charge in [0.25, 0.3) is 0 Å². The molecule has 1 heterocycles. The lowest BCUT2D eigenvalue weighted by atomic mass is 10.0. The summed E-state index contributed by atoms with van der Waals surface area (Å²) >= 11 is 0. The zero-order valence-electron chi connectivity index (χ0n) is 10.1. The van der Waals surface area contributed by atoms with E-state index in [-0.39, 0.29) is 0 Å². The number of hydrogen-bond donors (Lipinski definition) is 1. The molecule has 0 aromatic heterocycles. The van der Waals surface area contributed by atoms with Crippen LogP contribution in [0.4, 0.5) is 0 Å². The fraction of sp³-hybridized carbons (Fsp3) is 0.917. The Labute approximate surface area is 93.2 Å². The Kier molecular flexibility index (Phi) is 5.88. The number of Topliss-reactive ketones (excluding diaryl/α,β-unsaturated/α-hetero) is 1. The molecule has 1 aliphatic heterocycles. The summed E-state index contributed by atoms with van der Waals surface area (Å²) in [6, 6.07) is 0.700. The van der Waals surface area contributed by atoms with Gasteiger partial charge in [0.05, 0.1) is 0 Å². The van der Waals surface area contributed by atoms with Crippen LogP contribution in [0.3, 0.4) is 0 Å². The van der Waals surface area contributed by atoms with Gasteiger partial charge in [-0.25, -0.2) is 0 Å². The monoisotopic (exact) mass is 212 g/mol. The lowest BCUT2D eigenvalue weighted by Crippen LogP contribution is -2.44. The third-order valence-electron chi connectivity index (χ3n) is 3.09. The predicted molar refractivity (Wildman–Crippen MR) is 63.1 cm³/mol. The van der Waals surface area contributed by atoms with Crippen molar-refractivity contribution >= 4 is 5.78 Å². The number of ketones is 1. The van der Waals surface area contributed by atoms with Crippen LogP contribution in [0.25, 0.3) is 0 Å². The standard InChI is InChI=1S/C12H24N2O/c1-3-9-14(10-6-11(2)15)12-4-7-13-8-5-12/h12-13H,3-10H2,1-2H3. The minimum atomic E-state index is 0.310. The van der Waals surface area contributed by atoms with E-state index in [1.165, 1.54) is 19.3 Å². The number of carbonyl (C=O) groups is 1. The van der Waals surface area contributed by atoms with Crippen molar-refractivity contribution in [1.82, 2.24) is 10.2 Å².